The molecular weight excluding hydrogens is 386 g/mol. The third-order valence-corrected chi connectivity index (χ3v) is 5.71. The number of rotatable bonds is 5. The number of fused-ring (bicyclic) bond motifs is 3. The molecule has 4 aromatic rings. The maximum absolute atomic E-state index is 6.48. The number of nitrogens with one attached hydrogen (secondary N) is 1. The van der Waals surface area contributed by atoms with Crippen molar-refractivity contribution in [1.82, 2.24) is 5.32 Å². The minimum absolute atomic E-state index is 0.00121. The molecule has 1 heterocycles. The van der Waals surface area contributed by atoms with Crippen LogP contribution in [0, 0.1) is 0 Å². The lowest BCUT2D eigenvalue weighted by molar-refractivity contribution is 0.133. The Morgan fingerprint density at radius 2 is 1.65 bits per heavy atom. The summed E-state index contributed by atoms with van der Waals surface area (Å²) in [5.74, 6) is 2.32. The van der Waals surface area contributed by atoms with Gasteiger partial charge >= 0.3 is 0 Å². The summed E-state index contributed by atoms with van der Waals surface area (Å²) in [5.41, 5.74) is 3.36. The summed E-state index contributed by atoms with van der Waals surface area (Å²) in [7, 11) is 1.65. The second-order valence-electron chi connectivity index (χ2n) is 7.55. The van der Waals surface area contributed by atoms with Crippen molar-refractivity contribution in [2.24, 2.45) is 0 Å². The molecule has 4 heteroatoms. The van der Waals surface area contributed by atoms with E-state index in [1.54, 1.807) is 7.11 Å². The van der Waals surface area contributed by atoms with Crippen LogP contribution in [0.4, 0.5) is 0 Å². The monoisotopic (exact) mass is 411 g/mol. The number of ether oxygens (including phenoxy) is 3. The zero-order valence-corrected chi connectivity index (χ0v) is 17.7. The molecule has 0 saturated carbocycles. The summed E-state index contributed by atoms with van der Waals surface area (Å²) in [6, 6.07) is 29.1. The van der Waals surface area contributed by atoms with Crippen LogP contribution in [0.2, 0.25) is 0 Å². The van der Waals surface area contributed by atoms with Crippen molar-refractivity contribution in [2.45, 2.75) is 19.2 Å². The molecule has 1 aliphatic rings. The highest BCUT2D eigenvalue weighted by Crippen LogP contribution is 2.43. The van der Waals surface area contributed by atoms with Gasteiger partial charge in [0.25, 0.3) is 0 Å². The first-order chi connectivity index (χ1) is 15.3. The number of methoxy groups -OCH3 is 1. The predicted molar refractivity (Wildman–Crippen MR) is 123 cm³/mol. The molecule has 0 saturated heterocycles. The molecule has 0 bridgehead atoms. The first-order valence-electron chi connectivity index (χ1n) is 10.6. The van der Waals surface area contributed by atoms with Gasteiger partial charge in [-0.2, -0.15) is 0 Å². The normalized spacial score (nSPS) is 17.6. The first-order valence-corrected chi connectivity index (χ1v) is 10.6. The summed E-state index contributed by atoms with van der Waals surface area (Å²) in [4.78, 5) is 0. The number of benzene rings is 4. The summed E-state index contributed by atoms with van der Waals surface area (Å²) in [6.45, 7) is 2.54. The van der Waals surface area contributed by atoms with Crippen molar-refractivity contribution in [3.8, 4) is 17.2 Å². The number of hydrogen-bond acceptors (Lipinski definition) is 4. The highest BCUT2D eigenvalue weighted by molar-refractivity contribution is 5.89. The Kier molecular flexibility index (Phi) is 5.23. The molecule has 4 aromatic carbocycles. The van der Waals surface area contributed by atoms with Gasteiger partial charge in [0.1, 0.15) is 5.75 Å². The largest absolute Gasteiger partial charge is 0.493 e. The summed E-state index contributed by atoms with van der Waals surface area (Å²) in [5, 5.41) is 6.12. The second kappa shape index (κ2) is 8.32. The highest BCUT2D eigenvalue weighted by Gasteiger charge is 2.31. The molecule has 156 valence electrons. The minimum atomic E-state index is -0.316. The third kappa shape index (κ3) is 3.60. The van der Waals surface area contributed by atoms with Gasteiger partial charge in [-0.1, -0.05) is 60.7 Å². The molecule has 5 rings (SSSR count). The van der Waals surface area contributed by atoms with Gasteiger partial charge in [-0.15, -0.1) is 0 Å². The Labute approximate surface area is 182 Å². The van der Waals surface area contributed by atoms with E-state index in [9.17, 15) is 0 Å². The van der Waals surface area contributed by atoms with E-state index in [-0.39, 0.29) is 12.3 Å². The highest BCUT2D eigenvalue weighted by atomic mass is 16.5. The summed E-state index contributed by atoms with van der Waals surface area (Å²) in [6.07, 6.45) is -0.316. The van der Waals surface area contributed by atoms with Crippen molar-refractivity contribution in [3.63, 3.8) is 0 Å². The smallest absolute Gasteiger partial charge is 0.177 e. The Hall–Kier alpha value is -3.50. The van der Waals surface area contributed by atoms with E-state index in [0.717, 1.165) is 11.3 Å². The zero-order chi connectivity index (χ0) is 21.2. The van der Waals surface area contributed by atoms with Gasteiger partial charge in [0.2, 0.25) is 0 Å². The molecule has 1 N–H and O–H groups in total. The van der Waals surface area contributed by atoms with Crippen LogP contribution in [0.15, 0.2) is 84.9 Å². The lowest BCUT2D eigenvalue weighted by Gasteiger charge is -2.35. The summed E-state index contributed by atoms with van der Waals surface area (Å²) >= 11 is 0. The van der Waals surface area contributed by atoms with Gasteiger partial charge in [-0.25, -0.2) is 0 Å². The quantitative estimate of drug-likeness (QED) is 0.436. The zero-order valence-electron chi connectivity index (χ0n) is 17.7. The van der Waals surface area contributed by atoms with E-state index < -0.39 is 0 Å². The van der Waals surface area contributed by atoms with Crippen LogP contribution < -0.4 is 19.5 Å². The fourth-order valence-corrected chi connectivity index (χ4v) is 4.27. The third-order valence-electron chi connectivity index (χ3n) is 5.71. The van der Waals surface area contributed by atoms with E-state index in [1.807, 2.05) is 31.2 Å². The van der Waals surface area contributed by atoms with Crippen molar-refractivity contribution in [2.75, 3.05) is 13.7 Å². The van der Waals surface area contributed by atoms with Crippen LogP contribution >= 0.6 is 0 Å². The van der Waals surface area contributed by atoms with Gasteiger partial charge in [-0.3, -0.25) is 5.32 Å². The molecule has 0 fully saturated rings. The molecular formula is C27H25NO3. The van der Waals surface area contributed by atoms with E-state index in [4.69, 9.17) is 14.2 Å². The molecule has 0 spiro atoms. The van der Waals surface area contributed by atoms with Gasteiger partial charge in [0.15, 0.2) is 17.7 Å². The Morgan fingerprint density at radius 3 is 2.45 bits per heavy atom. The van der Waals surface area contributed by atoms with Crippen molar-refractivity contribution < 1.29 is 14.2 Å². The molecule has 0 aromatic heterocycles. The topological polar surface area (TPSA) is 39.7 Å². The van der Waals surface area contributed by atoms with Crippen LogP contribution in [-0.2, 0) is 0 Å². The van der Waals surface area contributed by atoms with Crippen LogP contribution in [0.5, 0.6) is 17.2 Å². The average Bonchev–Trinajstić information content (AvgIpc) is 2.84. The molecule has 31 heavy (non-hydrogen) atoms. The van der Waals surface area contributed by atoms with Crippen molar-refractivity contribution >= 4 is 10.8 Å². The van der Waals surface area contributed by atoms with Gasteiger partial charge in [-0.05, 0) is 47.5 Å². The average molecular weight is 412 g/mol. The fraction of sp³-hybridized carbons (Fsp3) is 0.185. The van der Waals surface area contributed by atoms with Gasteiger partial charge in [0.05, 0.1) is 19.8 Å². The molecule has 0 radical (unpaired) electrons. The molecule has 0 unspecified atom stereocenters. The van der Waals surface area contributed by atoms with E-state index in [2.05, 4.69) is 66.0 Å². The van der Waals surface area contributed by atoms with Crippen molar-refractivity contribution in [3.05, 3.63) is 102 Å². The number of hydrogen-bond donors (Lipinski definition) is 1. The Morgan fingerprint density at radius 1 is 0.839 bits per heavy atom. The lowest BCUT2D eigenvalue weighted by Crippen LogP contribution is -2.35. The standard InChI is InChI=1S/C27H25NO3/c1-3-30-24-17-20(14-15-22(24)29-2)27-28-26(19-10-5-4-6-11-19)25-21-12-8-7-9-18(21)13-16-23(25)31-27/h4-17,26-28H,3H2,1-2H3/t26-,27+/m1/s1. The van der Waals surface area contributed by atoms with Crippen LogP contribution in [0.25, 0.3) is 10.8 Å². The molecule has 0 aliphatic carbocycles. The van der Waals surface area contributed by atoms with Gasteiger partial charge in [0, 0.05) is 11.1 Å². The SMILES string of the molecule is CCOc1cc([C@H]2N[C@H](c3ccccc3)c3c(ccc4ccccc34)O2)ccc1OC. The molecule has 4 nitrogen and oxygen atoms in total. The van der Waals surface area contributed by atoms with Crippen molar-refractivity contribution in [1.29, 1.82) is 0 Å². The lowest BCUT2D eigenvalue weighted by atomic mass is 9.91. The first kappa shape index (κ1) is 19.5. The second-order valence-corrected chi connectivity index (χ2v) is 7.55. The Bertz CT molecular complexity index is 1210. The fourth-order valence-electron chi connectivity index (χ4n) is 4.27. The van der Waals surface area contributed by atoms with Crippen LogP contribution in [0.1, 0.15) is 35.9 Å². The Balaban J connectivity index is 1.62. The maximum atomic E-state index is 6.48. The summed E-state index contributed by atoms with van der Waals surface area (Å²) < 4.78 is 17.7. The van der Waals surface area contributed by atoms with Crippen LogP contribution in [0.3, 0.4) is 0 Å². The predicted octanol–water partition coefficient (Wildman–Crippen LogP) is 6.02. The molecule has 1 aliphatic heterocycles. The van der Waals surface area contributed by atoms with Gasteiger partial charge < -0.3 is 14.2 Å². The van der Waals surface area contributed by atoms with E-state index in [1.165, 1.54) is 21.9 Å². The molecule has 2 atom stereocenters. The molecule has 0 amide bonds. The minimum Gasteiger partial charge on any atom is -0.493 e. The van der Waals surface area contributed by atoms with E-state index in [0.29, 0.717) is 18.1 Å². The van der Waals surface area contributed by atoms with E-state index >= 15 is 0 Å². The van der Waals surface area contributed by atoms with Crippen LogP contribution in [-0.4, -0.2) is 13.7 Å². The maximum Gasteiger partial charge on any atom is 0.177 e.